The van der Waals surface area contributed by atoms with Crippen LogP contribution in [-0.4, -0.2) is 39.5 Å². The van der Waals surface area contributed by atoms with Gasteiger partial charge in [0.05, 0.1) is 18.4 Å². The standard InChI is InChI=1S/C21H28N4O3S2/c1-3-25-18(13-10-11-13)23-24-21(25)29-12-16(26)22-19-17(20(27)28-2)14-8-6-4-5-7-9-15(14)30-19/h13H,3-12H2,1-2H3,(H,22,26). The minimum absolute atomic E-state index is 0.141. The van der Waals surface area contributed by atoms with Gasteiger partial charge in [-0.1, -0.05) is 24.6 Å². The summed E-state index contributed by atoms with van der Waals surface area (Å²) in [5, 5.41) is 13.0. The molecule has 162 valence electrons. The van der Waals surface area contributed by atoms with Gasteiger partial charge in [-0.25, -0.2) is 4.79 Å². The molecule has 2 aromatic heterocycles. The normalized spacial score (nSPS) is 16.5. The largest absolute Gasteiger partial charge is 0.465 e. The van der Waals surface area contributed by atoms with Gasteiger partial charge in [0, 0.05) is 17.3 Å². The number of rotatable bonds is 7. The fourth-order valence-corrected chi connectivity index (χ4v) is 6.07. The number of ether oxygens (including phenoxy) is 1. The molecule has 9 heteroatoms. The Morgan fingerprint density at radius 1 is 1.20 bits per heavy atom. The quantitative estimate of drug-likeness (QED) is 0.499. The number of hydrogen-bond donors (Lipinski definition) is 1. The maximum atomic E-state index is 12.7. The molecule has 1 amide bonds. The van der Waals surface area contributed by atoms with Crippen molar-refractivity contribution in [1.29, 1.82) is 0 Å². The number of nitrogens with zero attached hydrogens (tertiary/aromatic N) is 3. The third-order valence-corrected chi connectivity index (χ3v) is 7.82. The molecular formula is C21H28N4O3S2. The number of thiophene rings is 1. The van der Waals surface area contributed by atoms with E-state index in [1.807, 2.05) is 0 Å². The summed E-state index contributed by atoms with van der Waals surface area (Å²) in [6.07, 6.45) is 8.73. The zero-order valence-corrected chi connectivity index (χ0v) is 19.2. The number of fused-ring (bicyclic) bond motifs is 1. The van der Waals surface area contributed by atoms with Crippen LogP contribution in [-0.2, 0) is 28.9 Å². The van der Waals surface area contributed by atoms with E-state index >= 15 is 0 Å². The van der Waals surface area contributed by atoms with Crippen LogP contribution in [0.25, 0.3) is 0 Å². The van der Waals surface area contributed by atoms with Gasteiger partial charge in [0.2, 0.25) is 5.91 Å². The molecule has 0 aromatic carbocycles. The Bertz CT molecular complexity index is 933. The first-order chi connectivity index (χ1) is 14.6. The van der Waals surface area contributed by atoms with Crippen LogP contribution in [0.5, 0.6) is 0 Å². The number of thioether (sulfide) groups is 1. The minimum Gasteiger partial charge on any atom is -0.465 e. The third kappa shape index (κ3) is 4.56. The lowest BCUT2D eigenvalue weighted by Crippen LogP contribution is -2.17. The fourth-order valence-electron chi connectivity index (χ4n) is 3.97. The number of hydrogen-bond acceptors (Lipinski definition) is 7. The average Bonchev–Trinajstić information content (AvgIpc) is 3.41. The molecule has 4 rings (SSSR count). The number of anilines is 1. The van der Waals surface area contributed by atoms with Gasteiger partial charge in [0.25, 0.3) is 0 Å². The van der Waals surface area contributed by atoms with Crippen LogP contribution in [0.2, 0.25) is 0 Å². The second kappa shape index (κ2) is 9.51. The highest BCUT2D eigenvalue weighted by Crippen LogP contribution is 2.40. The molecule has 7 nitrogen and oxygen atoms in total. The molecule has 0 radical (unpaired) electrons. The van der Waals surface area contributed by atoms with Gasteiger partial charge in [-0.05, 0) is 51.0 Å². The Morgan fingerprint density at radius 2 is 1.97 bits per heavy atom. The smallest absolute Gasteiger partial charge is 0.341 e. The van der Waals surface area contributed by atoms with Crippen molar-refractivity contribution in [3.8, 4) is 0 Å². The Labute approximate surface area is 185 Å². The van der Waals surface area contributed by atoms with Gasteiger partial charge in [-0.3, -0.25) is 4.79 Å². The van der Waals surface area contributed by atoms with Crippen molar-refractivity contribution in [2.75, 3.05) is 18.2 Å². The van der Waals surface area contributed by atoms with Gasteiger partial charge in [-0.15, -0.1) is 21.5 Å². The van der Waals surface area contributed by atoms with E-state index in [2.05, 4.69) is 27.0 Å². The van der Waals surface area contributed by atoms with Crippen molar-refractivity contribution in [2.45, 2.75) is 75.9 Å². The van der Waals surface area contributed by atoms with Crippen LogP contribution in [0, 0.1) is 0 Å². The first-order valence-electron chi connectivity index (χ1n) is 10.7. The number of aromatic nitrogens is 3. The molecule has 2 heterocycles. The lowest BCUT2D eigenvalue weighted by Gasteiger charge is -2.11. The van der Waals surface area contributed by atoms with Crippen molar-refractivity contribution < 1.29 is 14.3 Å². The summed E-state index contributed by atoms with van der Waals surface area (Å²) in [6, 6.07) is 0. The van der Waals surface area contributed by atoms with Crippen molar-refractivity contribution in [1.82, 2.24) is 14.8 Å². The summed E-state index contributed by atoms with van der Waals surface area (Å²) in [7, 11) is 1.39. The molecule has 0 unspecified atom stereocenters. The first-order valence-corrected chi connectivity index (χ1v) is 12.5. The van der Waals surface area contributed by atoms with Crippen LogP contribution in [0.3, 0.4) is 0 Å². The minimum atomic E-state index is -0.365. The second-order valence-corrected chi connectivity index (χ2v) is 9.86. The molecular weight excluding hydrogens is 420 g/mol. The van der Waals surface area contributed by atoms with Gasteiger partial charge in [0.15, 0.2) is 5.16 Å². The number of amides is 1. The van der Waals surface area contributed by atoms with Crippen molar-refractivity contribution in [3.05, 3.63) is 21.8 Å². The monoisotopic (exact) mass is 448 g/mol. The molecule has 1 N–H and O–H groups in total. The zero-order valence-electron chi connectivity index (χ0n) is 17.5. The fraction of sp³-hybridized carbons (Fsp3) is 0.619. The van der Waals surface area contributed by atoms with Crippen LogP contribution in [0.1, 0.15) is 78.0 Å². The maximum Gasteiger partial charge on any atom is 0.341 e. The number of aryl methyl sites for hydroxylation is 1. The zero-order chi connectivity index (χ0) is 21.1. The van der Waals surface area contributed by atoms with E-state index in [9.17, 15) is 9.59 Å². The Kier molecular flexibility index (Phi) is 6.77. The Hall–Kier alpha value is -1.87. The summed E-state index contributed by atoms with van der Waals surface area (Å²) >= 11 is 2.92. The molecule has 30 heavy (non-hydrogen) atoms. The van der Waals surface area contributed by atoms with Gasteiger partial charge in [-0.2, -0.15) is 0 Å². The van der Waals surface area contributed by atoms with E-state index in [1.165, 1.54) is 60.8 Å². The first kappa shape index (κ1) is 21.4. The van der Waals surface area contributed by atoms with E-state index < -0.39 is 0 Å². The number of esters is 1. The molecule has 1 fully saturated rings. The molecule has 0 spiro atoms. The highest BCUT2D eigenvalue weighted by molar-refractivity contribution is 7.99. The predicted molar refractivity (Wildman–Crippen MR) is 119 cm³/mol. The maximum absolute atomic E-state index is 12.7. The molecule has 2 aromatic rings. The number of methoxy groups -OCH3 is 1. The number of nitrogens with one attached hydrogen (secondary N) is 1. The molecule has 0 atom stereocenters. The average molecular weight is 449 g/mol. The molecule has 0 aliphatic heterocycles. The Balaban J connectivity index is 1.47. The molecule has 2 aliphatic rings. The highest BCUT2D eigenvalue weighted by Gasteiger charge is 2.30. The lowest BCUT2D eigenvalue weighted by molar-refractivity contribution is -0.113. The van der Waals surface area contributed by atoms with Gasteiger partial charge in [0.1, 0.15) is 10.8 Å². The van der Waals surface area contributed by atoms with Crippen molar-refractivity contribution in [2.24, 2.45) is 0 Å². The van der Waals surface area contributed by atoms with Crippen molar-refractivity contribution >= 4 is 40.0 Å². The second-order valence-electron chi connectivity index (χ2n) is 7.81. The van der Waals surface area contributed by atoms with Gasteiger partial charge < -0.3 is 14.6 Å². The summed E-state index contributed by atoms with van der Waals surface area (Å²) in [4.78, 5) is 26.4. The summed E-state index contributed by atoms with van der Waals surface area (Å²) in [5.41, 5.74) is 1.61. The van der Waals surface area contributed by atoms with E-state index in [1.54, 1.807) is 0 Å². The highest BCUT2D eigenvalue weighted by atomic mass is 32.2. The molecule has 2 aliphatic carbocycles. The van der Waals surface area contributed by atoms with E-state index in [-0.39, 0.29) is 17.6 Å². The number of carbonyl (C=O) groups excluding carboxylic acids is 2. The third-order valence-electron chi connectivity index (χ3n) is 5.65. The topological polar surface area (TPSA) is 86.1 Å². The van der Waals surface area contributed by atoms with E-state index in [4.69, 9.17) is 4.74 Å². The summed E-state index contributed by atoms with van der Waals surface area (Å²) in [6.45, 7) is 2.87. The van der Waals surface area contributed by atoms with Crippen LogP contribution < -0.4 is 5.32 Å². The number of carbonyl (C=O) groups is 2. The van der Waals surface area contributed by atoms with Crippen LogP contribution in [0.4, 0.5) is 5.00 Å². The summed E-state index contributed by atoms with van der Waals surface area (Å²) in [5.74, 6) is 1.28. The predicted octanol–water partition coefficient (Wildman–Crippen LogP) is 4.41. The molecule has 0 bridgehead atoms. The van der Waals surface area contributed by atoms with Gasteiger partial charge >= 0.3 is 5.97 Å². The van der Waals surface area contributed by atoms with E-state index in [0.29, 0.717) is 16.5 Å². The Morgan fingerprint density at radius 3 is 2.67 bits per heavy atom. The SMILES string of the molecule is CCn1c(SCC(=O)Nc2sc3c(c2C(=O)OC)CCCCCC3)nnc1C1CC1. The molecule has 1 saturated carbocycles. The molecule has 0 saturated heterocycles. The summed E-state index contributed by atoms with van der Waals surface area (Å²) < 4.78 is 7.14. The van der Waals surface area contributed by atoms with E-state index in [0.717, 1.165) is 48.8 Å². The lowest BCUT2D eigenvalue weighted by atomic mass is 9.96. The van der Waals surface area contributed by atoms with Crippen molar-refractivity contribution in [3.63, 3.8) is 0 Å². The van der Waals surface area contributed by atoms with Crippen LogP contribution in [0.15, 0.2) is 5.16 Å². The van der Waals surface area contributed by atoms with Crippen LogP contribution >= 0.6 is 23.1 Å².